The molecule has 3 heteroatoms. The first-order valence-corrected chi connectivity index (χ1v) is 6.09. The molecule has 1 aromatic rings. The smallest absolute Gasteiger partial charge is 0.0933 e. The van der Waals surface area contributed by atoms with E-state index in [0.29, 0.717) is 5.92 Å². The topological polar surface area (TPSA) is 36.7 Å². The fraction of sp³-hybridized carbons (Fsp3) is 0.636. The number of aromatic nitrogens is 1. The van der Waals surface area contributed by atoms with Gasteiger partial charge in [0.15, 0.2) is 0 Å². The maximum Gasteiger partial charge on any atom is 0.0933 e. The first kappa shape index (κ1) is 8.43. The minimum Gasteiger partial charge on any atom is -0.249 e. The number of hydrogen-bond donors (Lipinski definition) is 0. The molecule has 3 rings (SSSR count). The molecule has 0 radical (unpaired) electrons. The van der Waals surface area contributed by atoms with Gasteiger partial charge in [0, 0.05) is 10.8 Å². The Bertz CT molecular complexity index is 394. The van der Waals surface area contributed by atoms with E-state index in [4.69, 9.17) is 0 Å². The molecule has 0 aliphatic heterocycles. The van der Waals surface area contributed by atoms with Gasteiger partial charge in [-0.15, -0.1) is 11.3 Å². The molecule has 1 heterocycles. The highest BCUT2D eigenvalue weighted by Gasteiger charge is 2.44. The quantitative estimate of drug-likeness (QED) is 0.742. The lowest BCUT2D eigenvalue weighted by atomic mass is 9.68. The van der Waals surface area contributed by atoms with Gasteiger partial charge in [0.2, 0.25) is 0 Å². The fourth-order valence-corrected chi connectivity index (χ4v) is 3.27. The lowest BCUT2D eigenvalue weighted by Gasteiger charge is -2.34. The van der Waals surface area contributed by atoms with Gasteiger partial charge in [-0.2, -0.15) is 5.26 Å². The van der Waals surface area contributed by atoms with E-state index < -0.39 is 0 Å². The van der Waals surface area contributed by atoms with E-state index in [-0.39, 0.29) is 5.41 Å². The minimum atomic E-state index is -0.140. The van der Waals surface area contributed by atoms with E-state index in [2.05, 4.69) is 11.1 Å². The Balaban J connectivity index is 2.02. The number of thiazole rings is 1. The lowest BCUT2D eigenvalue weighted by Crippen LogP contribution is -2.32. The van der Waals surface area contributed by atoms with Crippen molar-refractivity contribution in [2.24, 2.45) is 0 Å². The summed E-state index contributed by atoms with van der Waals surface area (Å²) in [6.07, 6.45) is 5.85. The van der Waals surface area contributed by atoms with Gasteiger partial charge in [-0.05, 0) is 32.1 Å². The molecule has 0 saturated heterocycles. The van der Waals surface area contributed by atoms with E-state index in [1.54, 1.807) is 11.3 Å². The third kappa shape index (κ3) is 1.04. The number of rotatable bonds is 2. The summed E-state index contributed by atoms with van der Waals surface area (Å²) in [5, 5.41) is 9.26. The molecule has 2 nitrogen and oxygen atoms in total. The van der Waals surface area contributed by atoms with Crippen molar-refractivity contribution in [3.63, 3.8) is 0 Å². The first-order chi connectivity index (χ1) is 6.86. The standard InChI is InChI=1S/C11H12N2S/c12-6-11(4-1-5-11)10-9(8-2-3-8)13-7-14-10/h7-8H,1-5H2. The van der Waals surface area contributed by atoms with Crippen molar-refractivity contribution in [3.05, 3.63) is 16.1 Å². The summed E-state index contributed by atoms with van der Waals surface area (Å²) in [6, 6.07) is 2.51. The van der Waals surface area contributed by atoms with E-state index in [1.807, 2.05) is 5.51 Å². The van der Waals surface area contributed by atoms with Crippen LogP contribution in [0.15, 0.2) is 5.51 Å². The van der Waals surface area contributed by atoms with Crippen molar-refractivity contribution in [1.29, 1.82) is 5.26 Å². The lowest BCUT2D eigenvalue weighted by molar-refractivity contribution is 0.327. The molecule has 2 aliphatic rings. The van der Waals surface area contributed by atoms with Gasteiger partial charge in [0.05, 0.1) is 22.7 Å². The molecule has 0 bridgehead atoms. The largest absolute Gasteiger partial charge is 0.249 e. The van der Waals surface area contributed by atoms with Crippen LogP contribution >= 0.6 is 11.3 Å². The Hall–Kier alpha value is -0.880. The highest BCUT2D eigenvalue weighted by atomic mass is 32.1. The zero-order valence-electron chi connectivity index (χ0n) is 7.99. The maximum absolute atomic E-state index is 9.26. The van der Waals surface area contributed by atoms with Crippen LogP contribution in [0.2, 0.25) is 0 Å². The van der Waals surface area contributed by atoms with Crippen LogP contribution in [0.1, 0.15) is 48.6 Å². The summed E-state index contributed by atoms with van der Waals surface area (Å²) >= 11 is 1.69. The van der Waals surface area contributed by atoms with Crippen molar-refractivity contribution in [2.45, 2.75) is 43.4 Å². The highest BCUT2D eigenvalue weighted by Crippen LogP contribution is 2.51. The van der Waals surface area contributed by atoms with Crippen LogP contribution in [-0.2, 0) is 5.41 Å². The summed E-state index contributed by atoms with van der Waals surface area (Å²) in [4.78, 5) is 5.73. The monoisotopic (exact) mass is 204 g/mol. The predicted molar refractivity (Wildman–Crippen MR) is 55.2 cm³/mol. The Morgan fingerprint density at radius 2 is 2.29 bits per heavy atom. The summed E-state index contributed by atoms with van der Waals surface area (Å²) in [6.45, 7) is 0. The zero-order chi connectivity index (χ0) is 9.60. The van der Waals surface area contributed by atoms with Crippen molar-refractivity contribution >= 4 is 11.3 Å². The summed E-state index contributed by atoms with van der Waals surface area (Å²) in [5.74, 6) is 0.682. The van der Waals surface area contributed by atoms with Crippen LogP contribution in [0.25, 0.3) is 0 Å². The molecule has 0 spiro atoms. The summed E-state index contributed by atoms with van der Waals surface area (Å²) in [5.41, 5.74) is 3.02. The van der Waals surface area contributed by atoms with E-state index in [9.17, 15) is 5.26 Å². The molecule has 0 unspecified atom stereocenters. The van der Waals surface area contributed by atoms with Gasteiger partial charge in [-0.25, -0.2) is 4.98 Å². The molecular weight excluding hydrogens is 192 g/mol. The molecule has 0 N–H and O–H groups in total. The maximum atomic E-state index is 9.26. The molecule has 1 aromatic heterocycles. The Labute approximate surface area is 87.6 Å². The predicted octanol–water partition coefficient (Wildman–Crippen LogP) is 2.97. The van der Waals surface area contributed by atoms with Crippen LogP contribution in [0.3, 0.4) is 0 Å². The number of hydrogen-bond acceptors (Lipinski definition) is 3. The Morgan fingerprint density at radius 3 is 2.79 bits per heavy atom. The van der Waals surface area contributed by atoms with Gasteiger partial charge in [-0.3, -0.25) is 0 Å². The van der Waals surface area contributed by atoms with E-state index in [0.717, 1.165) is 12.8 Å². The molecule has 72 valence electrons. The Morgan fingerprint density at radius 1 is 1.50 bits per heavy atom. The molecule has 14 heavy (non-hydrogen) atoms. The second-order valence-corrected chi connectivity index (χ2v) is 5.24. The average Bonchev–Trinajstić information content (AvgIpc) is 2.86. The third-order valence-electron chi connectivity index (χ3n) is 3.41. The second-order valence-electron chi connectivity index (χ2n) is 4.39. The minimum absolute atomic E-state index is 0.140. The third-order valence-corrected chi connectivity index (χ3v) is 4.46. The number of nitrogens with zero attached hydrogens (tertiary/aromatic N) is 2. The van der Waals surface area contributed by atoms with Crippen molar-refractivity contribution < 1.29 is 0 Å². The summed E-state index contributed by atoms with van der Waals surface area (Å²) in [7, 11) is 0. The molecule has 2 fully saturated rings. The SMILES string of the molecule is N#CC1(c2scnc2C2CC2)CCC1. The van der Waals surface area contributed by atoms with Crippen molar-refractivity contribution in [3.8, 4) is 6.07 Å². The van der Waals surface area contributed by atoms with E-state index >= 15 is 0 Å². The zero-order valence-corrected chi connectivity index (χ0v) is 8.81. The first-order valence-electron chi connectivity index (χ1n) is 5.21. The van der Waals surface area contributed by atoms with Crippen LogP contribution in [0, 0.1) is 11.3 Å². The van der Waals surface area contributed by atoms with Gasteiger partial charge in [0.1, 0.15) is 0 Å². The molecule has 2 aliphatic carbocycles. The van der Waals surface area contributed by atoms with Crippen LogP contribution in [0.4, 0.5) is 0 Å². The van der Waals surface area contributed by atoms with Gasteiger partial charge in [-0.1, -0.05) is 0 Å². The van der Waals surface area contributed by atoms with Crippen LogP contribution in [0.5, 0.6) is 0 Å². The molecular formula is C11H12N2S. The molecule has 2 saturated carbocycles. The van der Waals surface area contributed by atoms with Crippen LogP contribution < -0.4 is 0 Å². The normalized spacial score (nSPS) is 23.9. The average molecular weight is 204 g/mol. The number of nitriles is 1. The molecule has 0 aromatic carbocycles. The molecule has 0 atom stereocenters. The van der Waals surface area contributed by atoms with E-state index in [1.165, 1.54) is 29.8 Å². The second kappa shape index (κ2) is 2.80. The summed E-state index contributed by atoms with van der Waals surface area (Å²) < 4.78 is 0. The highest BCUT2D eigenvalue weighted by molar-refractivity contribution is 7.10. The van der Waals surface area contributed by atoms with Crippen molar-refractivity contribution in [2.75, 3.05) is 0 Å². The molecule has 0 amide bonds. The van der Waals surface area contributed by atoms with Gasteiger partial charge < -0.3 is 0 Å². The van der Waals surface area contributed by atoms with Crippen molar-refractivity contribution in [1.82, 2.24) is 4.98 Å². The van der Waals surface area contributed by atoms with Crippen LogP contribution in [-0.4, -0.2) is 4.98 Å². The fourth-order valence-electron chi connectivity index (χ4n) is 2.18. The van der Waals surface area contributed by atoms with Gasteiger partial charge in [0.25, 0.3) is 0 Å². The van der Waals surface area contributed by atoms with Gasteiger partial charge >= 0.3 is 0 Å². The Kier molecular flexibility index (Phi) is 1.69.